The first-order valence-electron chi connectivity index (χ1n) is 10.2. The fourth-order valence-electron chi connectivity index (χ4n) is 2.94. The topological polar surface area (TPSA) is 84.9 Å². The van der Waals surface area contributed by atoms with Crippen molar-refractivity contribution in [2.24, 2.45) is 0 Å². The van der Waals surface area contributed by atoms with Crippen molar-refractivity contribution in [3.63, 3.8) is 0 Å². The van der Waals surface area contributed by atoms with E-state index >= 15 is 0 Å². The normalized spacial score (nSPS) is 14.7. The van der Waals surface area contributed by atoms with E-state index in [-0.39, 0.29) is 11.4 Å². The van der Waals surface area contributed by atoms with E-state index in [1.54, 1.807) is 42.5 Å². The van der Waals surface area contributed by atoms with E-state index in [0.717, 1.165) is 23.1 Å². The van der Waals surface area contributed by atoms with Gasteiger partial charge in [0.15, 0.2) is 11.5 Å². The molecule has 0 aliphatic carbocycles. The van der Waals surface area contributed by atoms with Crippen LogP contribution in [0.4, 0.5) is 10.5 Å². The van der Waals surface area contributed by atoms with Gasteiger partial charge in [-0.25, -0.2) is 0 Å². The second kappa shape index (κ2) is 11.6. The third kappa shape index (κ3) is 6.52. The molecule has 2 aromatic rings. The molecule has 33 heavy (non-hydrogen) atoms. The van der Waals surface area contributed by atoms with Crippen LogP contribution in [0.15, 0.2) is 45.8 Å². The predicted molar refractivity (Wildman–Crippen MR) is 134 cm³/mol. The molecule has 0 spiro atoms. The molecule has 1 fully saturated rings. The molecule has 2 aromatic carbocycles. The van der Waals surface area contributed by atoms with Crippen LogP contribution in [0.5, 0.6) is 11.5 Å². The Bertz CT molecular complexity index is 1090. The number of anilines is 1. The smallest absolute Gasteiger partial charge is 0.294 e. The Morgan fingerprint density at radius 3 is 2.58 bits per heavy atom. The highest BCUT2D eigenvalue weighted by atomic mass is 79.9. The molecule has 1 aliphatic rings. The molecule has 174 valence electrons. The zero-order valence-corrected chi connectivity index (χ0v) is 21.2. The zero-order valence-electron chi connectivity index (χ0n) is 18.0. The van der Waals surface area contributed by atoms with Crippen molar-refractivity contribution in [2.75, 3.05) is 25.1 Å². The van der Waals surface area contributed by atoms with E-state index in [2.05, 4.69) is 21.2 Å². The van der Waals surface area contributed by atoms with Gasteiger partial charge in [0.05, 0.1) is 22.6 Å². The molecule has 1 N–H and O–H groups in total. The van der Waals surface area contributed by atoms with Crippen molar-refractivity contribution in [1.29, 1.82) is 0 Å². The minimum Gasteiger partial charge on any atom is -0.490 e. The summed E-state index contributed by atoms with van der Waals surface area (Å²) >= 11 is 10.1. The molecule has 0 saturated carbocycles. The lowest BCUT2D eigenvalue weighted by atomic mass is 10.2. The summed E-state index contributed by atoms with van der Waals surface area (Å²) in [6.45, 7) is 4.47. The Balaban J connectivity index is 1.75. The number of halogens is 2. The first-order chi connectivity index (χ1) is 15.8. The molecule has 0 aromatic heterocycles. The maximum atomic E-state index is 12.8. The minimum absolute atomic E-state index is 0.218. The average molecular weight is 554 g/mol. The second-order valence-corrected chi connectivity index (χ2v) is 9.22. The van der Waals surface area contributed by atoms with Gasteiger partial charge in [0.2, 0.25) is 5.91 Å². The quantitative estimate of drug-likeness (QED) is 0.386. The van der Waals surface area contributed by atoms with Gasteiger partial charge in [0.25, 0.3) is 11.1 Å². The summed E-state index contributed by atoms with van der Waals surface area (Å²) in [5.74, 6) is 0.104. The first kappa shape index (κ1) is 25.1. The van der Waals surface area contributed by atoms with Crippen LogP contribution in [0.3, 0.4) is 0 Å². The molecule has 1 aliphatic heterocycles. The zero-order chi connectivity index (χ0) is 24.0. The highest BCUT2D eigenvalue weighted by Crippen LogP contribution is 2.39. The molecule has 3 amide bonds. The minimum atomic E-state index is -0.531. The number of nitrogens with zero attached hydrogens (tertiary/aromatic N) is 1. The number of amides is 3. The summed E-state index contributed by atoms with van der Waals surface area (Å²) in [5.41, 5.74) is 1.18. The molecule has 3 rings (SSSR count). The summed E-state index contributed by atoms with van der Waals surface area (Å²) in [6, 6.07) is 10.1. The number of nitrogens with one attached hydrogen (secondary N) is 1. The number of ether oxygens (including phenoxy) is 2. The molecule has 0 atom stereocenters. The van der Waals surface area contributed by atoms with Crippen LogP contribution in [0.1, 0.15) is 25.8 Å². The van der Waals surface area contributed by atoms with Crippen LogP contribution in [0, 0.1) is 0 Å². The van der Waals surface area contributed by atoms with Gasteiger partial charge in [-0.2, -0.15) is 0 Å². The van der Waals surface area contributed by atoms with Crippen molar-refractivity contribution in [2.45, 2.75) is 20.3 Å². The van der Waals surface area contributed by atoms with Crippen molar-refractivity contribution in [3.8, 4) is 11.5 Å². The van der Waals surface area contributed by atoms with E-state index in [4.69, 9.17) is 21.1 Å². The first-order valence-corrected chi connectivity index (χ1v) is 12.2. The number of carbonyl (C=O) groups is 3. The van der Waals surface area contributed by atoms with Crippen LogP contribution < -0.4 is 14.8 Å². The molecule has 0 unspecified atom stereocenters. The molecule has 7 nitrogen and oxygen atoms in total. The molecule has 0 bridgehead atoms. The largest absolute Gasteiger partial charge is 0.490 e. The van der Waals surface area contributed by atoms with Gasteiger partial charge in [-0.3, -0.25) is 19.3 Å². The van der Waals surface area contributed by atoms with Gasteiger partial charge in [-0.1, -0.05) is 18.5 Å². The Morgan fingerprint density at radius 1 is 1.18 bits per heavy atom. The summed E-state index contributed by atoms with van der Waals surface area (Å²) in [6.07, 6.45) is 2.44. The van der Waals surface area contributed by atoms with Crippen LogP contribution in [0.2, 0.25) is 5.02 Å². The second-order valence-electron chi connectivity index (χ2n) is 6.93. The lowest BCUT2D eigenvalue weighted by molar-refractivity contribution is -0.127. The van der Waals surface area contributed by atoms with Gasteiger partial charge in [0, 0.05) is 10.7 Å². The SMILES string of the molecule is CCCOc1c(Br)cc(/C=C2\SC(=O)N(CC(=O)Nc3ccc(Cl)cc3)C2=O)cc1OCC. The van der Waals surface area contributed by atoms with E-state index in [9.17, 15) is 14.4 Å². The third-order valence-corrected chi connectivity index (χ3v) is 6.13. The van der Waals surface area contributed by atoms with Crippen molar-refractivity contribution < 1.29 is 23.9 Å². The number of carbonyl (C=O) groups excluding carboxylic acids is 3. The standard InChI is InChI=1S/C23H22BrClN2O5S/c1-3-9-32-21-17(24)10-14(11-18(21)31-4-2)12-19-22(29)27(23(30)33-19)13-20(28)26-16-7-5-15(25)6-8-16/h5-8,10-12H,3-4,9,13H2,1-2H3,(H,26,28)/b19-12-. The van der Waals surface area contributed by atoms with Crippen LogP contribution >= 0.6 is 39.3 Å². The lowest BCUT2D eigenvalue weighted by Crippen LogP contribution is -2.36. The van der Waals surface area contributed by atoms with Gasteiger partial charge < -0.3 is 14.8 Å². The highest BCUT2D eigenvalue weighted by Gasteiger charge is 2.36. The number of thioether (sulfide) groups is 1. The van der Waals surface area contributed by atoms with Crippen molar-refractivity contribution in [3.05, 3.63) is 56.4 Å². The highest BCUT2D eigenvalue weighted by molar-refractivity contribution is 9.10. The van der Waals surface area contributed by atoms with Gasteiger partial charge in [-0.05, 0) is 89.1 Å². The maximum absolute atomic E-state index is 12.8. The van der Waals surface area contributed by atoms with Gasteiger partial charge in [0.1, 0.15) is 6.54 Å². The molecular weight excluding hydrogens is 532 g/mol. The number of rotatable bonds is 9. The average Bonchev–Trinajstić information content (AvgIpc) is 3.02. The fraction of sp³-hybridized carbons (Fsp3) is 0.261. The molecular formula is C23H22BrClN2O5S. The van der Waals surface area contributed by atoms with Crippen LogP contribution in [0.25, 0.3) is 6.08 Å². The Morgan fingerprint density at radius 2 is 1.91 bits per heavy atom. The molecule has 1 saturated heterocycles. The Labute approximate surface area is 209 Å². The lowest BCUT2D eigenvalue weighted by Gasteiger charge is -2.14. The number of hydrogen-bond donors (Lipinski definition) is 1. The molecule has 1 heterocycles. The number of imide groups is 1. The third-order valence-electron chi connectivity index (χ3n) is 4.38. The van der Waals surface area contributed by atoms with E-state index in [0.29, 0.717) is 45.5 Å². The summed E-state index contributed by atoms with van der Waals surface area (Å²) < 4.78 is 12.1. The summed E-state index contributed by atoms with van der Waals surface area (Å²) in [4.78, 5) is 38.7. The Hall–Kier alpha value is -2.49. The summed E-state index contributed by atoms with van der Waals surface area (Å²) in [7, 11) is 0. The Kier molecular flexibility index (Phi) is 8.82. The monoisotopic (exact) mass is 552 g/mol. The number of benzene rings is 2. The predicted octanol–water partition coefficient (Wildman–Crippen LogP) is 5.97. The van der Waals surface area contributed by atoms with Gasteiger partial charge >= 0.3 is 0 Å². The van der Waals surface area contributed by atoms with E-state index in [1.165, 1.54) is 0 Å². The van der Waals surface area contributed by atoms with E-state index < -0.39 is 17.1 Å². The molecule has 0 radical (unpaired) electrons. The fourth-order valence-corrected chi connectivity index (χ4v) is 4.48. The summed E-state index contributed by atoms with van der Waals surface area (Å²) in [5, 5.41) is 2.67. The van der Waals surface area contributed by atoms with Crippen LogP contribution in [-0.2, 0) is 9.59 Å². The van der Waals surface area contributed by atoms with Gasteiger partial charge in [-0.15, -0.1) is 0 Å². The molecule has 10 heteroatoms. The van der Waals surface area contributed by atoms with E-state index in [1.807, 2.05) is 13.8 Å². The maximum Gasteiger partial charge on any atom is 0.294 e. The van der Waals surface area contributed by atoms with Crippen molar-refractivity contribution >= 4 is 68.1 Å². The number of hydrogen-bond acceptors (Lipinski definition) is 6. The van der Waals surface area contributed by atoms with Crippen LogP contribution in [-0.4, -0.2) is 41.7 Å². The van der Waals surface area contributed by atoms with Crippen molar-refractivity contribution in [1.82, 2.24) is 4.90 Å².